The number of hydrogen-bond acceptors (Lipinski definition) is 5. The summed E-state index contributed by atoms with van der Waals surface area (Å²) in [5, 5.41) is 11.3. The third-order valence-electron chi connectivity index (χ3n) is 3.67. The Labute approximate surface area is 152 Å². The number of aryl methyl sites for hydroxylation is 1. The van der Waals surface area contributed by atoms with Crippen molar-refractivity contribution < 1.29 is 9.47 Å². The second-order valence-corrected chi connectivity index (χ2v) is 5.66. The zero-order chi connectivity index (χ0) is 18.4. The Bertz CT molecular complexity index is 896. The third-order valence-corrected chi connectivity index (χ3v) is 3.67. The van der Waals surface area contributed by atoms with Gasteiger partial charge in [0.2, 0.25) is 0 Å². The number of aromatic nitrogens is 2. The first-order valence-electron chi connectivity index (χ1n) is 8.10. The Morgan fingerprint density at radius 3 is 2.23 bits per heavy atom. The fraction of sp³-hybridized carbons (Fsp3) is 0.100. The van der Waals surface area contributed by atoms with Gasteiger partial charge in [-0.2, -0.15) is 5.10 Å². The zero-order valence-corrected chi connectivity index (χ0v) is 14.4. The molecular formula is C20H20N4O2. The van der Waals surface area contributed by atoms with E-state index in [1.807, 2.05) is 67.8 Å². The molecule has 0 atom stereocenters. The predicted molar refractivity (Wildman–Crippen MR) is 101 cm³/mol. The van der Waals surface area contributed by atoms with Crippen LogP contribution in [0.3, 0.4) is 0 Å². The molecule has 0 aliphatic carbocycles. The second-order valence-electron chi connectivity index (χ2n) is 5.66. The average molecular weight is 348 g/mol. The van der Waals surface area contributed by atoms with E-state index in [-0.39, 0.29) is 0 Å². The third kappa shape index (κ3) is 4.51. The fourth-order valence-electron chi connectivity index (χ4n) is 2.34. The molecule has 0 fully saturated rings. The summed E-state index contributed by atoms with van der Waals surface area (Å²) in [6, 6.07) is 16.7. The smallest absolute Gasteiger partial charge is 0.132 e. The normalized spacial score (nSPS) is 11.2. The monoisotopic (exact) mass is 348 g/mol. The maximum Gasteiger partial charge on any atom is 0.132 e. The molecule has 0 amide bonds. The molecule has 3 rings (SSSR count). The molecule has 0 saturated carbocycles. The molecule has 0 unspecified atom stereocenters. The summed E-state index contributed by atoms with van der Waals surface area (Å²) in [6.45, 7) is 0.424. The van der Waals surface area contributed by atoms with Gasteiger partial charge < -0.3 is 20.6 Å². The van der Waals surface area contributed by atoms with E-state index in [1.54, 1.807) is 10.8 Å². The molecule has 6 heteroatoms. The lowest BCUT2D eigenvalue weighted by Gasteiger charge is -2.09. The van der Waals surface area contributed by atoms with Crippen LogP contribution in [0.1, 0.15) is 11.3 Å². The molecule has 3 aromatic rings. The highest BCUT2D eigenvalue weighted by molar-refractivity contribution is 5.81. The maximum atomic E-state index is 7.05. The fourth-order valence-corrected chi connectivity index (χ4v) is 2.34. The van der Waals surface area contributed by atoms with Gasteiger partial charge in [-0.3, -0.25) is 4.68 Å². The molecule has 1 heterocycles. The highest BCUT2D eigenvalue weighted by Crippen LogP contribution is 2.25. The molecule has 0 saturated heterocycles. The molecule has 2 aromatic carbocycles. The standard InChI is InChI=1S/C20H20N4O2/c1-24-13-11-16(23-24)14-25-17-6-8-19(9-7-17)26-18-4-2-15(3-5-18)20(22)10-12-21/h2-13,21H,14,22H2,1H3/b20-10-,21-12?. The van der Waals surface area contributed by atoms with Gasteiger partial charge in [-0.05, 0) is 66.2 Å². The minimum atomic E-state index is 0.424. The first-order chi connectivity index (χ1) is 12.6. The Balaban J connectivity index is 1.58. The van der Waals surface area contributed by atoms with Crippen LogP contribution >= 0.6 is 0 Å². The molecule has 0 aliphatic heterocycles. The number of nitrogens with two attached hydrogens (primary N) is 1. The van der Waals surface area contributed by atoms with Crippen molar-refractivity contribution in [2.24, 2.45) is 12.8 Å². The SMILES string of the molecule is Cn1ccc(COc2ccc(Oc3ccc(/C(N)=C/C=N)cc3)cc2)n1. The van der Waals surface area contributed by atoms with Crippen molar-refractivity contribution in [3.63, 3.8) is 0 Å². The Kier molecular flexibility index (Phi) is 5.34. The molecule has 1 aromatic heterocycles. The second kappa shape index (κ2) is 8.02. The van der Waals surface area contributed by atoms with Crippen LogP contribution in [0.2, 0.25) is 0 Å². The topological polar surface area (TPSA) is 86.1 Å². The van der Waals surface area contributed by atoms with Crippen molar-refractivity contribution >= 4 is 11.9 Å². The quantitative estimate of drug-likeness (QED) is 0.637. The van der Waals surface area contributed by atoms with E-state index in [9.17, 15) is 0 Å². The minimum absolute atomic E-state index is 0.424. The first-order valence-corrected chi connectivity index (χ1v) is 8.10. The van der Waals surface area contributed by atoms with E-state index in [1.165, 1.54) is 0 Å². The van der Waals surface area contributed by atoms with Gasteiger partial charge in [0.1, 0.15) is 23.9 Å². The van der Waals surface area contributed by atoms with Gasteiger partial charge in [-0.15, -0.1) is 0 Å². The summed E-state index contributed by atoms with van der Waals surface area (Å²) in [5.41, 5.74) is 8.11. The number of hydrogen-bond donors (Lipinski definition) is 2. The van der Waals surface area contributed by atoms with E-state index >= 15 is 0 Å². The van der Waals surface area contributed by atoms with E-state index in [2.05, 4.69) is 5.10 Å². The Morgan fingerprint density at radius 2 is 1.65 bits per heavy atom. The molecule has 0 aliphatic rings. The van der Waals surface area contributed by atoms with E-state index in [0.717, 1.165) is 23.2 Å². The van der Waals surface area contributed by atoms with Crippen molar-refractivity contribution in [1.29, 1.82) is 5.41 Å². The van der Waals surface area contributed by atoms with Crippen molar-refractivity contribution in [2.45, 2.75) is 6.61 Å². The number of ether oxygens (including phenoxy) is 2. The van der Waals surface area contributed by atoms with Crippen molar-refractivity contribution in [2.75, 3.05) is 0 Å². The number of benzene rings is 2. The zero-order valence-electron chi connectivity index (χ0n) is 14.4. The highest BCUT2D eigenvalue weighted by Gasteiger charge is 2.02. The molecule has 0 bridgehead atoms. The van der Waals surface area contributed by atoms with Crippen molar-refractivity contribution in [3.05, 3.63) is 78.1 Å². The van der Waals surface area contributed by atoms with Crippen LogP contribution in [-0.2, 0) is 13.7 Å². The maximum absolute atomic E-state index is 7.05. The summed E-state index contributed by atoms with van der Waals surface area (Å²) < 4.78 is 13.3. The Morgan fingerprint density at radius 1 is 1.04 bits per heavy atom. The summed E-state index contributed by atoms with van der Waals surface area (Å²) in [5.74, 6) is 2.17. The van der Waals surface area contributed by atoms with Gasteiger partial charge in [-0.25, -0.2) is 0 Å². The van der Waals surface area contributed by atoms with Crippen LogP contribution in [0.25, 0.3) is 5.70 Å². The van der Waals surface area contributed by atoms with Crippen LogP contribution in [0, 0.1) is 5.41 Å². The highest BCUT2D eigenvalue weighted by atomic mass is 16.5. The van der Waals surface area contributed by atoms with Gasteiger partial charge in [-0.1, -0.05) is 0 Å². The molecule has 0 radical (unpaired) electrons. The largest absolute Gasteiger partial charge is 0.487 e. The average Bonchev–Trinajstić information content (AvgIpc) is 3.07. The first kappa shape index (κ1) is 17.3. The van der Waals surface area contributed by atoms with Crippen LogP contribution < -0.4 is 15.2 Å². The van der Waals surface area contributed by atoms with Gasteiger partial charge in [0.05, 0.1) is 5.69 Å². The molecule has 0 spiro atoms. The number of nitrogens with zero attached hydrogens (tertiary/aromatic N) is 2. The van der Waals surface area contributed by atoms with Crippen LogP contribution in [0.4, 0.5) is 0 Å². The summed E-state index contributed by atoms with van der Waals surface area (Å²) >= 11 is 0. The van der Waals surface area contributed by atoms with Crippen LogP contribution in [0.5, 0.6) is 17.2 Å². The molecular weight excluding hydrogens is 328 g/mol. The Hall–Kier alpha value is -3.54. The minimum Gasteiger partial charge on any atom is -0.487 e. The number of allylic oxidation sites excluding steroid dienone is 1. The van der Waals surface area contributed by atoms with Crippen molar-refractivity contribution in [3.8, 4) is 17.2 Å². The lowest BCUT2D eigenvalue weighted by Crippen LogP contribution is -1.98. The van der Waals surface area contributed by atoms with Gasteiger partial charge >= 0.3 is 0 Å². The van der Waals surface area contributed by atoms with E-state index in [0.29, 0.717) is 23.8 Å². The summed E-state index contributed by atoms with van der Waals surface area (Å²) in [6.07, 6.45) is 4.59. The molecule has 3 N–H and O–H groups in total. The van der Waals surface area contributed by atoms with Crippen molar-refractivity contribution in [1.82, 2.24) is 9.78 Å². The van der Waals surface area contributed by atoms with E-state index < -0.39 is 0 Å². The molecule has 26 heavy (non-hydrogen) atoms. The lowest BCUT2D eigenvalue weighted by molar-refractivity contribution is 0.299. The molecule has 132 valence electrons. The lowest BCUT2D eigenvalue weighted by atomic mass is 10.1. The van der Waals surface area contributed by atoms with Gasteiger partial charge in [0.25, 0.3) is 0 Å². The molecule has 6 nitrogen and oxygen atoms in total. The predicted octanol–water partition coefficient (Wildman–Crippen LogP) is 3.74. The van der Waals surface area contributed by atoms with Crippen LogP contribution in [-0.4, -0.2) is 16.0 Å². The number of rotatable bonds is 7. The van der Waals surface area contributed by atoms with Gasteiger partial charge in [0.15, 0.2) is 0 Å². The van der Waals surface area contributed by atoms with Gasteiger partial charge in [0, 0.05) is 25.2 Å². The summed E-state index contributed by atoms with van der Waals surface area (Å²) in [4.78, 5) is 0. The van der Waals surface area contributed by atoms with E-state index in [4.69, 9.17) is 20.6 Å². The number of nitrogens with one attached hydrogen (secondary N) is 1. The summed E-state index contributed by atoms with van der Waals surface area (Å²) in [7, 11) is 1.88. The van der Waals surface area contributed by atoms with Crippen LogP contribution in [0.15, 0.2) is 66.9 Å².